The lowest BCUT2D eigenvalue weighted by molar-refractivity contribution is -0.119. The predicted octanol–water partition coefficient (Wildman–Crippen LogP) is 4.83. The maximum Gasteiger partial charge on any atom is 0.274 e. The Morgan fingerprint density at radius 3 is 2.56 bits per heavy atom. The van der Waals surface area contributed by atoms with Crippen LogP contribution in [0.15, 0.2) is 70.3 Å². The lowest BCUT2D eigenvalue weighted by Gasteiger charge is -2.23. The smallest absolute Gasteiger partial charge is 0.274 e. The van der Waals surface area contributed by atoms with Gasteiger partial charge in [-0.25, -0.2) is 12.8 Å². The van der Waals surface area contributed by atoms with Crippen LogP contribution in [0, 0.1) is 12.7 Å². The maximum absolute atomic E-state index is 14.4. The number of nitrogens with one attached hydrogen (secondary N) is 1. The van der Waals surface area contributed by atoms with Crippen LogP contribution < -0.4 is 9.62 Å². The van der Waals surface area contributed by atoms with E-state index in [2.05, 4.69) is 24.4 Å². The molecule has 0 unspecified atom stereocenters. The lowest BCUT2D eigenvalue weighted by atomic mass is 10.1. The van der Waals surface area contributed by atoms with E-state index in [4.69, 9.17) is 0 Å². The summed E-state index contributed by atoms with van der Waals surface area (Å²) in [6.45, 7) is 2.02. The summed E-state index contributed by atoms with van der Waals surface area (Å²) < 4.78 is 41.4. The Labute approximate surface area is 196 Å². The van der Waals surface area contributed by atoms with Crippen LogP contribution in [0.3, 0.4) is 0 Å². The number of thioether (sulfide) groups is 1. The van der Waals surface area contributed by atoms with Gasteiger partial charge < -0.3 is 5.32 Å². The third kappa shape index (κ3) is 6.34. The number of hydrogen-bond donors (Lipinski definition) is 1. The molecule has 0 saturated carbocycles. The number of sulfonamides is 1. The van der Waals surface area contributed by atoms with E-state index in [1.165, 1.54) is 35.4 Å². The fourth-order valence-corrected chi connectivity index (χ4v) is 6.58. The Morgan fingerprint density at radius 1 is 1.09 bits per heavy atom. The summed E-state index contributed by atoms with van der Waals surface area (Å²) in [5.41, 5.74) is 2.40. The van der Waals surface area contributed by atoms with Crippen molar-refractivity contribution in [2.75, 3.05) is 23.1 Å². The summed E-state index contributed by atoms with van der Waals surface area (Å²) in [5.74, 6) is 0.588. The number of anilines is 1. The van der Waals surface area contributed by atoms with Gasteiger partial charge in [0.2, 0.25) is 5.91 Å². The van der Waals surface area contributed by atoms with E-state index >= 15 is 0 Å². The van der Waals surface area contributed by atoms with Crippen molar-refractivity contribution in [2.24, 2.45) is 0 Å². The van der Waals surface area contributed by atoms with Gasteiger partial charge in [0, 0.05) is 12.3 Å². The van der Waals surface area contributed by atoms with Crippen molar-refractivity contribution in [3.63, 3.8) is 0 Å². The minimum atomic E-state index is -4.06. The standard InChI is InChI=1S/C23H25FN2O3S3/c1-18-8-2-3-9-19(18)17-30-14-7-13-25-22(27)16-26(21-11-5-4-10-20(21)24)32(28,29)23-12-6-15-31-23/h2-6,8-12,15H,7,13-14,16-17H2,1H3,(H,25,27). The van der Waals surface area contributed by atoms with E-state index < -0.39 is 28.3 Å². The highest BCUT2D eigenvalue weighted by Crippen LogP contribution is 2.28. The summed E-state index contributed by atoms with van der Waals surface area (Å²) in [6, 6.07) is 16.8. The number of benzene rings is 2. The normalized spacial score (nSPS) is 11.3. The number of nitrogens with zero attached hydrogens (tertiary/aromatic N) is 1. The van der Waals surface area contributed by atoms with Gasteiger partial charge in [-0.05, 0) is 53.8 Å². The second-order valence-electron chi connectivity index (χ2n) is 7.08. The SMILES string of the molecule is Cc1ccccc1CSCCCNC(=O)CN(c1ccccc1F)S(=O)(=O)c1cccs1. The van der Waals surface area contributed by atoms with E-state index in [9.17, 15) is 17.6 Å². The van der Waals surface area contributed by atoms with E-state index in [0.717, 1.165) is 33.6 Å². The van der Waals surface area contributed by atoms with Crippen LogP contribution in [0.5, 0.6) is 0 Å². The maximum atomic E-state index is 14.4. The molecule has 0 aliphatic heterocycles. The average Bonchev–Trinajstić information content (AvgIpc) is 3.32. The summed E-state index contributed by atoms with van der Waals surface area (Å²) >= 11 is 2.81. The topological polar surface area (TPSA) is 66.5 Å². The quantitative estimate of drug-likeness (QED) is 0.390. The first-order valence-electron chi connectivity index (χ1n) is 10.1. The van der Waals surface area contributed by atoms with Crippen LogP contribution in [0.4, 0.5) is 10.1 Å². The van der Waals surface area contributed by atoms with Crippen LogP contribution in [-0.4, -0.2) is 33.2 Å². The van der Waals surface area contributed by atoms with Gasteiger partial charge in [0.25, 0.3) is 10.0 Å². The van der Waals surface area contributed by atoms with Crippen molar-refractivity contribution < 1.29 is 17.6 Å². The summed E-state index contributed by atoms with van der Waals surface area (Å²) in [4.78, 5) is 12.5. The number of para-hydroxylation sites is 1. The molecule has 32 heavy (non-hydrogen) atoms. The minimum absolute atomic E-state index is 0.0566. The van der Waals surface area contributed by atoms with E-state index in [0.29, 0.717) is 6.54 Å². The highest BCUT2D eigenvalue weighted by atomic mass is 32.2. The van der Waals surface area contributed by atoms with E-state index in [1.807, 2.05) is 12.1 Å². The molecule has 0 bridgehead atoms. The first kappa shape index (κ1) is 24.3. The molecule has 1 amide bonds. The third-order valence-corrected chi connectivity index (χ3v) is 8.98. The van der Waals surface area contributed by atoms with Crippen LogP contribution >= 0.6 is 23.1 Å². The molecule has 0 atom stereocenters. The molecule has 0 saturated heterocycles. The summed E-state index contributed by atoms with van der Waals surface area (Å²) in [5, 5.41) is 4.38. The first-order chi connectivity index (χ1) is 15.4. The van der Waals surface area contributed by atoms with Gasteiger partial charge >= 0.3 is 0 Å². The molecule has 2 aromatic carbocycles. The Morgan fingerprint density at radius 2 is 1.84 bits per heavy atom. The largest absolute Gasteiger partial charge is 0.354 e. The number of hydrogen-bond acceptors (Lipinski definition) is 5. The molecule has 5 nitrogen and oxygen atoms in total. The van der Waals surface area contributed by atoms with Gasteiger partial charge in [0.1, 0.15) is 16.6 Å². The Hall–Kier alpha value is -2.36. The molecular formula is C23H25FN2O3S3. The average molecular weight is 493 g/mol. The number of thiophene rings is 1. The molecule has 170 valence electrons. The number of amides is 1. The highest BCUT2D eigenvalue weighted by Gasteiger charge is 2.29. The van der Waals surface area contributed by atoms with Crippen LogP contribution in [0.2, 0.25) is 0 Å². The molecule has 0 aliphatic rings. The number of aryl methyl sites for hydroxylation is 1. The van der Waals surface area contributed by atoms with Gasteiger partial charge in [-0.3, -0.25) is 9.10 Å². The van der Waals surface area contributed by atoms with Crippen LogP contribution in [0.25, 0.3) is 0 Å². The third-order valence-electron chi connectivity index (χ3n) is 4.75. The number of carbonyl (C=O) groups excluding carboxylic acids is 1. The molecule has 1 N–H and O–H groups in total. The fourth-order valence-electron chi connectivity index (χ4n) is 3.02. The van der Waals surface area contributed by atoms with Crippen molar-refractivity contribution in [2.45, 2.75) is 23.3 Å². The zero-order valence-corrected chi connectivity index (χ0v) is 20.1. The Balaban J connectivity index is 1.55. The molecule has 0 aliphatic carbocycles. The number of carbonyl (C=O) groups is 1. The summed E-state index contributed by atoms with van der Waals surface area (Å²) in [6.07, 6.45) is 0.750. The highest BCUT2D eigenvalue weighted by molar-refractivity contribution is 7.98. The van der Waals surface area contributed by atoms with E-state index in [1.54, 1.807) is 29.3 Å². The van der Waals surface area contributed by atoms with Gasteiger partial charge in [-0.1, -0.05) is 42.5 Å². The molecule has 0 radical (unpaired) electrons. The van der Waals surface area contributed by atoms with Crippen molar-refractivity contribution in [3.05, 3.63) is 83.0 Å². The second-order valence-corrected chi connectivity index (χ2v) is 11.2. The second kappa shape index (κ2) is 11.5. The molecule has 9 heteroatoms. The molecule has 3 aromatic rings. The lowest BCUT2D eigenvalue weighted by Crippen LogP contribution is -2.41. The molecule has 1 heterocycles. The molecular weight excluding hydrogens is 467 g/mol. The predicted molar refractivity (Wildman–Crippen MR) is 130 cm³/mol. The van der Waals surface area contributed by atoms with Crippen molar-refractivity contribution in [1.82, 2.24) is 5.32 Å². The van der Waals surface area contributed by atoms with Crippen LogP contribution in [0.1, 0.15) is 17.5 Å². The van der Waals surface area contributed by atoms with E-state index in [-0.39, 0.29) is 9.90 Å². The van der Waals surface area contributed by atoms with Crippen molar-refractivity contribution in [1.29, 1.82) is 0 Å². The molecule has 3 rings (SSSR count). The zero-order chi connectivity index (χ0) is 23.0. The molecule has 1 aromatic heterocycles. The number of rotatable bonds is 11. The van der Waals surface area contributed by atoms with Crippen molar-refractivity contribution >= 4 is 44.7 Å². The molecule has 0 spiro atoms. The Kier molecular flexibility index (Phi) is 8.72. The van der Waals surface area contributed by atoms with Crippen LogP contribution in [-0.2, 0) is 20.6 Å². The number of halogens is 1. The van der Waals surface area contributed by atoms with Gasteiger partial charge in [-0.15, -0.1) is 11.3 Å². The van der Waals surface area contributed by atoms with Gasteiger partial charge in [0.15, 0.2) is 0 Å². The van der Waals surface area contributed by atoms with Gasteiger partial charge in [0.05, 0.1) is 5.69 Å². The zero-order valence-electron chi connectivity index (χ0n) is 17.7. The minimum Gasteiger partial charge on any atom is -0.354 e. The Bertz CT molecular complexity index is 1130. The first-order valence-corrected chi connectivity index (χ1v) is 13.6. The van der Waals surface area contributed by atoms with Gasteiger partial charge in [-0.2, -0.15) is 11.8 Å². The monoisotopic (exact) mass is 492 g/mol. The summed E-state index contributed by atoms with van der Waals surface area (Å²) in [7, 11) is -4.06. The van der Waals surface area contributed by atoms with Crippen molar-refractivity contribution in [3.8, 4) is 0 Å². The fraction of sp³-hybridized carbons (Fsp3) is 0.261. The molecule has 0 fully saturated rings.